The third-order valence-electron chi connectivity index (χ3n) is 3.70. The summed E-state index contributed by atoms with van der Waals surface area (Å²) < 4.78 is 84.7. The van der Waals surface area contributed by atoms with Gasteiger partial charge in [0.15, 0.2) is 0 Å². The van der Waals surface area contributed by atoms with Gasteiger partial charge in [0.05, 0.1) is 5.69 Å². The van der Waals surface area contributed by atoms with E-state index in [4.69, 9.17) is 0 Å². The summed E-state index contributed by atoms with van der Waals surface area (Å²) in [6.45, 7) is 0. The highest BCUT2D eigenvalue weighted by atomic mass is 79.9. The molecule has 1 unspecified atom stereocenters. The summed E-state index contributed by atoms with van der Waals surface area (Å²) in [5, 5.41) is 3.02. The molecule has 3 rings (SSSR count). The first-order valence-corrected chi connectivity index (χ1v) is 7.72. The molecule has 0 N–H and O–H groups in total. The number of alkyl halides is 6. The molecular formula is C16H9BrF6N2. The molecule has 0 saturated heterocycles. The second-order valence-corrected chi connectivity index (χ2v) is 6.21. The van der Waals surface area contributed by atoms with E-state index in [2.05, 4.69) is 21.0 Å². The lowest BCUT2D eigenvalue weighted by atomic mass is 9.97. The number of hydrazone groups is 1. The third kappa shape index (κ3) is 2.61. The number of benzene rings is 2. The maximum atomic E-state index is 14.9. The normalized spacial score (nSPS) is 22.8. The van der Waals surface area contributed by atoms with Gasteiger partial charge >= 0.3 is 17.9 Å². The molecule has 2 nitrogen and oxygen atoms in total. The summed E-state index contributed by atoms with van der Waals surface area (Å²) in [7, 11) is 0. The summed E-state index contributed by atoms with van der Waals surface area (Å²) in [5.41, 5.74) is -2.03. The standard InChI is InChI=1S/C16H9BrF6N2/c17-11-6-8-12(9-7-11)25-15(20,16(21,22)23)14(18,19)13(24-25)10-4-2-1-3-5-10/h1-9H. The largest absolute Gasteiger partial charge is 0.450 e. The van der Waals surface area contributed by atoms with Gasteiger partial charge < -0.3 is 0 Å². The maximum absolute atomic E-state index is 14.9. The van der Waals surface area contributed by atoms with Crippen LogP contribution < -0.4 is 5.01 Å². The minimum Gasteiger partial charge on any atom is -0.215 e. The van der Waals surface area contributed by atoms with E-state index in [1.54, 1.807) is 0 Å². The van der Waals surface area contributed by atoms with Crippen molar-refractivity contribution in [2.75, 3.05) is 5.01 Å². The number of halogens is 7. The maximum Gasteiger partial charge on any atom is 0.450 e. The molecule has 0 fully saturated rings. The Labute approximate surface area is 146 Å². The van der Waals surface area contributed by atoms with Crippen molar-refractivity contribution in [1.82, 2.24) is 0 Å². The van der Waals surface area contributed by atoms with Crippen LogP contribution in [-0.2, 0) is 0 Å². The first-order valence-electron chi connectivity index (χ1n) is 6.93. The molecule has 1 atom stereocenters. The van der Waals surface area contributed by atoms with E-state index in [0.29, 0.717) is 4.47 Å². The van der Waals surface area contributed by atoms with E-state index in [1.165, 1.54) is 30.3 Å². The van der Waals surface area contributed by atoms with E-state index in [1.807, 2.05) is 0 Å². The number of nitrogens with zero attached hydrogens (tertiary/aromatic N) is 2. The summed E-state index contributed by atoms with van der Waals surface area (Å²) in [4.78, 5) is 0. The van der Waals surface area contributed by atoms with E-state index in [9.17, 15) is 26.3 Å². The fourth-order valence-electron chi connectivity index (χ4n) is 2.47. The quantitative estimate of drug-likeness (QED) is 0.458. The van der Waals surface area contributed by atoms with Gasteiger partial charge in [0.1, 0.15) is 5.71 Å². The Morgan fingerprint density at radius 1 is 0.880 bits per heavy atom. The van der Waals surface area contributed by atoms with Gasteiger partial charge in [-0.1, -0.05) is 46.3 Å². The molecule has 1 heterocycles. The predicted molar refractivity (Wildman–Crippen MR) is 84.4 cm³/mol. The molecule has 25 heavy (non-hydrogen) atoms. The molecule has 1 aliphatic heterocycles. The van der Waals surface area contributed by atoms with Gasteiger partial charge in [-0.05, 0) is 24.3 Å². The van der Waals surface area contributed by atoms with E-state index in [-0.39, 0.29) is 10.6 Å². The molecule has 9 heteroatoms. The van der Waals surface area contributed by atoms with Crippen LogP contribution in [0, 0.1) is 0 Å². The van der Waals surface area contributed by atoms with Crippen molar-refractivity contribution >= 4 is 27.3 Å². The summed E-state index contributed by atoms with van der Waals surface area (Å²) in [6, 6.07) is 11.2. The summed E-state index contributed by atoms with van der Waals surface area (Å²) in [6.07, 6.45) is -5.89. The molecule has 0 aromatic heterocycles. The molecule has 132 valence electrons. The molecule has 0 aliphatic carbocycles. The van der Waals surface area contributed by atoms with Crippen molar-refractivity contribution in [1.29, 1.82) is 0 Å². The van der Waals surface area contributed by atoms with E-state index >= 15 is 0 Å². The van der Waals surface area contributed by atoms with Crippen molar-refractivity contribution in [2.24, 2.45) is 5.10 Å². The van der Waals surface area contributed by atoms with Crippen LogP contribution >= 0.6 is 15.9 Å². The van der Waals surface area contributed by atoms with Gasteiger partial charge in [-0.15, -0.1) is 0 Å². The Hall–Kier alpha value is -2.03. The van der Waals surface area contributed by atoms with E-state index in [0.717, 1.165) is 24.3 Å². The van der Waals surface area contributed by atoms with Crippen LogP contribution in [0.5, 0.6) is 0 Å². The third-order valence-corrected chi connectivity index (χ3v) is 4.23. The lowest BCUT2D eigenvalue weighted by molar-refractivity contribution is -0.278. The fourth-order valence-corrected chi connectivity index (χ4v) is 2.74. The molecule has 2 aromatic carbocycles. The highest BCUT2D eigenvalue weighted by Gasteiger charge is 2.80. The van der Waals surface area contributed by atoms with Gasteiger partial charge in [-0.3, -0.25) is 0 Å². The van der Waals surface area contributed by atoms with Crippen LogP contribution in [-0.4, -0.2) is 23.6 Å². The van der Waals surface area contributed by atoms with Crippen LogP contribution in [0.15, 0.2) is 64.2 Å². The molecule has 0 bridgehead atoms. The van der Waals surface area contributed by atoms with Crippen LogP contribution in [0.3, 0.4) is 0 Å². The number of rotatable bonds is 2. The Bertz CT molecular complexity index is 804. The lowest BCUT2D eigenvalue weighted by Crippen LogP contribution is -2.63. The summed E-state index contributed by atoms with van der Waals surface area (Å²) >= 11 is 3.07. The van der Waals surface area contributed by atoms with Gasteiger partial charge in [0, 0.05) is 10.0 Å². The zero-order chi connectivity index (χ0) is 18.5. The lowest BCUT2D eigenvalue weighted by Gasteiger charge is -2.35. The monoisotopic (exact) mass is 422 g/mol. The Balaban J connectivity index is 2.22. The highest BCUT2D eigenvalue weighted by Crippen LogP contribution is 2.54. The Morgan fingerprint density at radius 2 is 1.44 bits per heavy atom. The molecule has 1 aliphatic rings. The van der Waals surface area contributed by atoms with Crippen molar-refractivity contribution in [2.45, 2.75) is 17.9 Å². The smallest absolute Gasteiger partial charge is 0.215 e. The number of hydrogen-bond donors (Lipinski definition) is 0. The molecule has 0 radical (unpaired) electrons. The highest BCUT2D eigenvalue weighted by molar-refractivity contribution is 9.10. The fraction of sp³-hybridized carbons (Fsp3) is 0.188. The SMILES string of the molecule is FC(F)(F)C1(F)N(c2ccc(Br)cc2)N=C(c2ccccc2)C1(F)F. The minimum atomic E-state index is -5.89. The zero-order valence-electron chi connectivity index (χ0n) is 12.2. The van der Waals surface area contributed by atoms with Crippen molar-refractivity contribution < 1.29 is 26.3 Å². The number of anilines is 1. The first-order chi connectivity index (χ1) is 11.6. The molecule has 0 spiro atoms. The molecule has 2 aromatic rings. The van der Waals surface area contributed by atoms with Crippen LogP contribution in [0.2, 0.25) is 0 Å². The van der Waals surface area contributed by atoms with Gasteiger partial charge in [-0.25, -0.2) is 5.01 Å². The zero-order valence-corrected chi connectivity index (χ0v) is 13.8. The number of hydrogen-bond acceptors (Lipinski definition) is 2. The van der Waals surface area contributed by atoms with Crippen LogP contribution in [0.1, 0.15) is 5.56 Å². The van der Waals surface area contributed by atoms with Crippen LogP contribution in [0.25, 0.3) is 0 Å². The second kappa shape index (κ2) is 5.76. The predicted octanol–water partition coefficient (Wildman–Crippen LogP) is 5.54. The summed E-state index contributed by atoms with van der Waals surface area (Å²) in [5.74, 6) is -9.90. The molecular weight excluding hydrogens is 414 g/mol. The van der Waals surface area contributed by atoms with Crippen LogP contribution in [0.4, 0.5) is 32.0 Å². The van der Waals surface area contributed by atoms with Crippen molar-refractivity contribution in [3.05, 3.63) is 64.6 Å². The average Bonchev–Trinajstić information content (AvgIpc) is 2.77. The van der Waals surface area contributed by atoms with Gasteiger partial charge in [-0.2, -0.15) is 31.4 Å². The average molecular weight is 423 g/mol. The first kappa shape index (κ1) is 17.8. The van der Waals surface area contributed by atoms with Crippen molar-refractivity contribution in [3.8, 4) is 0 Å². The van der Waals surface area contributed by atoms with Crippen molar-refractivity contribution in [3.63, 3.8) is 0 Å². The molecule has 0 saturated carbocycles. The topological polar surface area (TPSA) is 15.6 Å². The Kier molecular flexibility index (Phi) is 4.09. The second-order valence-electron chi connectivity index (χ2n) is 5.30. The van der Waals surface area contributed by atoms with E-state index < -0.39 is 29.3 Å². The minimum absolute atomic E-state index is 0.293. The Morgan fingerprint density at radius 3 is 1.96 bits per heavy atom. The van der Waals surface area contributed by atoms with Gasteiger partial charge in [0.25, 0.3) is 0 Å². The molecule has 0 amide bonds. The van der Waals surface area contributed by atoms with Gasteiger partial charge in [0.2, 0.25) is 0 Å².